The van der Waals surface area contributed by atoms with Crippen molar-refractivity contribution in [2.24, 2.45) is 11.3 Å². The Morgan fingerprint density at radius 1 is 1.48 bits per heavy atom. The first-order chi connectivity index (χ1) is 9.92. The van der Waals surface area contributed by atoms with E-state index in [2.05, 4.69) is 24.1 Å². The number of pyridine rings is 1. The lowest BCUT2D eigenvalue weighted by molar-refractivity contribution is 0.0697. The molecule has 0 saturated heterocycles. The molecule has 0 aromatic carbocycles. The third kappa shape index (κ3) is 3.93. The van der Waals surface area contributed by atoms with E-state index < -0.39 is 11.8 Å². The fraction of sp³-hybridized carbons (Fsp3) is 0.625. The van der Waals surface area contributed by atoms with E-state index in [9.17, 15) is 9.18 Å². The summed E-state index contributed by atoms with van der Waals surface area (Å²) < 4.78 is 13.1. The number of aromatic nitrogens is 1. The maximum atomic E-state index is 13.1. The Bertz CT molecular complexity index is 511. The molecule has 0 aliphatic heterocycles. The van der Waals surface area contributed by atoms with Crippen LogP contribution in [0.4, 0.5) is 10.2 Å². The largest absolute Gasteiger partial charge is 0.478 e. The number of nitrogens with zero attached hydrogens (tertiary/aromatic N) is 1. The Morgan fingerprint density at radius 3 is 2.71 bits per heavy atom. The Balaban J connectivity index is 2.12. The summed E-state index contributed by atoms with van der Waals surface area (Å²) in [5.41, 5.74) is 0.104. The van der Waals surface area contributed by atoms with Gasteiger partial charge in [0.25, 0.3) is 0 Å². The van der Waals surface area contributed by atoms with E-state index in [1.165, 1.54) is 12.8 Å². The van der Waals surface area contributed by atoms with Crippen molar-refractivity contribution >= 4 is 11.8 Å². The Labute approximate surface area is 124 Å². The Kier molecular flexibility index (Phi) is 4.80. The van der Waals surface area contributed by atoms with E-state index in [1.54, 1.807) is 0 Å². The van der Waals surface area contributed by atoms with Crippen molar-refractivity contribution in [1.82, 2.24) is 4.98 Å². The molecule has 2 N–H and O–H groups in total. The van der Waals surface area contributed by atoms with Gasteiger partial charge in [0.05, 0.1) is 6.20 Å². The lowest BCUT2D eigenvalue weighted by atomic mass is 9.78. The van der Waals surface area contributed by atoms with Gasteiger partial charge in [0.15, 0.2) is 0 Å². The molecule has 0 radical (unpaired) electrons. The van der Waals surface area contributed by atoms with Gasteiger partial charge in [0, 0.05) is 6.54 Å². The molecule has 0 atom stereocenters. The number of hydrogen-bond donors (Lipinski definition) is 2. The molecule has 5 heteroatoms. The van der Waals surface area contributed by atoms with Gasteiger partial charge < -0.3 is 10.4 Å². The summed E-state index contributed by atoms with van der Waals surface area (Å²) >= 11 is 0. The van der Waals surface area contributed by atoms with Crippen molar-refractivity contribution in [3.8, 4) is 0 Å². The van der Waals surface area contributed by atoms with Crippen LogP contribution in [0.3, 0.4) is 0 Å². The van der Waals surface area contributed by atoms with Crippen LogP contribution in [-0.4, -0.2) is 22.6 Å². The van der Waals surface area contributed by atoms with Crippen molar-refractivity contribution in [2.75, 3.05) is 11.9 Å². The summed E-state index contributed by atoms with van der Waals surface area (Å²) in [6, 6.07) is 1.02. The fourth-order valence-electron chi connectivity index (χ4n) is 3.46. The predicted molar refractivity (Wildman–Crippen MR) is 80.0 cm³/mol. The average Bonchev–Trinajstić information content (AvgIpc) is 2.85. The van der Waals surface area contributed by atoms with Crippen LogP contribution in [0.1, 0.15) is 56.3 Å². The summed E-state index contributed by atoms with van der Waals surface area (Å²) in [5, 5.41) is 12.3. The second-order valence-corrected chi connectivity index (χ2v) is 6.51. The zero-order valence-electron chi connectivity index (χ0n) is 12.7. The molecule has 1 saturated carbocycles. The van der Waals surface area contributed by atoms with Crippen LogP contribution >= 0.6 is 0 Å². The number of rotatable bonds is 6. The minimum atomic E-state index is -1.16. The second kappa shape index (κ2) is 6.41. The van der Waals surface area contributed by atoms with Crippen LogP contribution in [0.2, 0.25) is 0 Å². The van der Waals surface area contributed by atoms with E-state index in [0.717, 1.165) is 31.5 Å². The summed E-state index contributed by atoms with van der Waals surface area (Å²) in [4.78, 5) is 15.1. The van der Waals surface area contributed by atoms with Crippen molar-refractivity contribution in [3.05, 3.63) is 23.6 Å². The van der Waals surface area contributed by atoms with Gasteiger partial charge in [-0.3, -0.25) is 0 Å². The minimum Gasteiger partial charge on any atom is -0.478 e. The highest BCUT2D eigenvalue weighted by Gasteiger charge is 2.34. The zero-order valence-corrected chi connectivity index (χ0v) is 12.7. The van der Waals surface area contributed by atoms with Gasteiger partial charge in [-0.1, -0.05) is 26.7 Å². The lowest BCUT2D eigenvalue weighted by Crippen LogP contribution is -2.29. The Hall–Kier alpha value is -1.65. The second-order valence-electron chi connectivity index (χ2n) is 6.51. The summed E-state index contributed by atoms with van der Waals surface area (Å²) in [5.74, 6) is -0.923. The molecule has 0 amide bonds. The quantitative estimate of drug-likeness (QED) is 0.834. The molecule has 1 heterocycles. The van der Waals surface area contributed by atoms with Gasteiger partial charge in [-0.15, -0.1) is 0 Å². The number of carboxylic acids is 1. The Morgan fingerprint density at radius 2 is 2.14 bits per heavy atom. The highest BCUT2D eigenvalue weighted by Crippen LogP contribution is 2.43. The molecule has 21 heavy (non-hydrogen) atoms. The molecular formula is C16H23FN2O2. The van der Waals surface area contributed by atoms with E-state index in [0.29, 0.717) is 12.5 Å². The van der Waals surface area contributed by atoms with E-state index >= 15 is 0 Å². The molecule has 4 nitrogen and oxygen atoms in total. The van der Waals surface area contributed by atoms with Crippen LogP contribution in [0, 0.1) is 17.2 Å². The smallest absolute Gasteiger partial charge is 0.339 e. The molecular weight excluding hydrogens is 271 g/mol. The number of halogens is 1. The maximum absolute atomic E-state index is 13.1. The van der Waals surface area contributed by atoms with Crippen molar-refractivity contribution in [2.45, 2.75) is 46.0 Å². The van der Waals surface area contributed by atoms with Gasteiger partial charge in [-0.25, -0.2) is 14.2 Å². The topological polar surface area (TPSA) is 62.2 Å². The standard InChI is InChI=1S/C16H23FN2O2/c1-11(2)8-16(5-3-4-6-16)10-19-14-13(15(20)21)7-12(17)9-18-14/h7,9,11H,3-6,8,10H2,1-2H3,(H,18,19)(H,20,21). The van der Waals surface area contributed by atoms with Crippen LogP contribution in [0.5, 0.6) is 0 Å². The lowest BCUT2D eigenvalue weighted by Gasteiger charge is -2.31. The van der Waals surface area contributed by atoms with Gasteiger partial charge in [-0.2, -0.15) is 0 Å². The van der Waals surface area contributed by atoms with Crippen LogP contribution in [-0.2, 0) is 0 Å². The van der Waals surface area contributed by atoms with Crippen molar-refractivity contribution in [1.29, 1.82) is 0 Å². The van der Waals surface area contributed by atoms with Gasteiger partial charge >= 0.3 is 5.97 Å². The molecule has 116 valence electrons. The average molecular weight is 294 g/mol. The number of nitrogens with one attached hydrogen (secondary N) is 1. The molecule has 2 rings (SSSR count). The van der Waals surface area contributed by atoms with Gasteiger partial charge in [0.1, 0.15) is 17.2 Å². The predicted octanol–water partition coefficient (Wildman–Crippen LogP) is 3.94. The van der Waals surface area contributed by atoms with Crippen molar-refractivity contribution in [3.63, 3.8) is 0 Å². The summed E-state index contributed by atoms with van der Waals surface area (Å²) in [6.07, 6.45) is 6.92. The van der Waals surface area contributed by atoms with Gasteiger partial charge in [-0.05, 0) is 36.7 Å². The first kappa shape index (κ1) is 15.7. The number of anilines is 1. The summed E-state index contributed by atoms with van der Waals surface area (Å²) in [7, 11) is 0. The minimum absolute atomic E-state index is 0.104. The monoisotopic (exact) mass is 294 g/mol. The molecule has 0 unspecified atom stereocenters. The fourth-order valence-corrected chi connectivity index (χ4v) is 3.46. The number of hydrogen-bond acceptors (Lipinski definition) is 3. The third-order valence-corrected chi connectivity index (χ3v) is 4.22. The molecule has 0 spiro atoms. The number of carboxylic acid groups (broad SMARTS) is 1. The molecule has 1 aliphatic carbocycles. The number of aromatic carboxylic acids is 1. The van der Waals surface area contributed by atoms with E-state index in [-0.39, 0.29) is 16.8 Å². The maximum Gasteiger partial charge on any atom is 0.339 e. The molecule has 1 fully saturated rings. The van der Waals surface area contributed by atoms with Crippen molar-refractivity contribution < 1.29 is 14.3 Å². The first-order valence-electron chi connectivity index (χ1n) is 7.55. The van der Waals surface area contributed by atoms with Crippen LogP contribution in [0.25, 0.3) is 0 Å². The van der Waals surface area contributed by atoms with E-state index in [4.69, 9.17) is 5.11 Å². The highest BCUT2D eigenvalue weighted by atomic mass is 19.1. The molecule has 0 bridgehead atoms. The SMILES string of the molecule is CC(C)CC1(CNc2ncc(F)cc2C(=O)O)CCCC1. The van der Waals surface area contributed by atoms with Gasteiger partial charge in [0.2, 0.25) is 0 Å². The zero-order chi connectivity index (χ0) is 15.5. The third-order valence-electron chi connectivity index (χ3n) is 4.22. The van der Waals surface area contributed by atoms with E-state index in [1.807, 2.05) is 0 Å². The number of carbonyl (C=O) groups is 1. The molecule has 1 aliphatic rings. The molecule has 1 aromatic rings. The first-order valence-corrected chi connectivity index (χ1v) is 7.55. The molecule has 1 aromatic heterocycles. The normalized spacial score (nSPS) is 17.1. The van der Waals surface area contributed by atoms with Crippen LogP contribution < -0.4 is 5.32 Å². The van der Waals surface area contributed by atoms with Crippen LogP contribution in [0.15, 0.2) is 12.3 Å². The summed E-state index contributed by atoms with van der Waals surface area (Å²) in [6.45, 7) is 5.11. The highest BCUT2D eigenvalue weighted by molar-refractivity contribution is 5.93.